The Labute approximate surface area is 248 Å². The second-order valence-electron chi connectivity index (χ2n) is 12.0. The minimum atomic E-state index is -1.29. The van der Waals surface area contributed by atoms with Crippen molar-refractivity contribution in [2.75, 3.05) is 0 Å². The van der Waals surface area contributed by atoms with E-state index in [-0.39, 0.29) is 0 Å². The quantitative estimate of drug-likeness (QED) is 0.197. The lowest BCUT2D eigenvalue weighted by Gasteiger charge is -2.16. The van der Waals surface area contributed by atoms with Crippen LogP contribution in [0.3, 0.4) is 0 Å². The van der Waals surface area contributed by atoms with E-state index in [4.69, 9.17) is 4.98 Å². The molecule has 2 heterocycles. The van der Waals surface area contributed by atoms with Crippen LogP contribution in [0, 0.1) is 0 Å². The first-order valence-corrected chi connectivity index (χ1v) is 18.0. The molecule has 0 radical (unpaired) electrons. The number of aromatic nitrogens is 2. The Bertz CT molecular complexity index is 2040. The molecule has 0 bridgehead atoms. The summed E-state index contributed by atoms with van der Waals surface area (Å²) in [6, 6.07) is 45.9. The molecule has 0 N–H and O–H groups in total. The Morgan fingerprint density at radius 1 is 0.381 bits per heavy atom. The van der Waals surface area contributed by atoms with Crippen molar-refractivity contribution in [1.29, 1.82) is 0 Å². The molecular weight excluding hydrogens is 525 g/mol. The zero-order valence-corrected chi connectivity index (χ0v) is 25.2. The van der Waals surface area contributed by atoms with Crippen LogP contribution in [0.15, 0.2) is 140 Å². The number of hydrogen-bond donors (Lipinski definition) is 0. The molecule has 0 aliphatic heterocycles. The van der Waals surface area contributed by atoms with Crippen molar-refractivity contribution < 1.29 is 0 Å². The minimum Gasteiger partial charge on any atom is -0.256 e. The molecule has 0 amide bonds. The van der Waals surface area contributed by atoms with E-state index in [0.717, 1.165) is 44.1 Å². The van der Waals surface area contributed by atoms with Crippen LogP contribution in [0.4, 0.5) is 0 Å². The number of rotatable bonds is 5. The Hall–Kier alpha value is -4.86. The lowest BCUT2D eigenvalue weighted by atomic mass is 9.98. The molecule has 0 atom stereocenters. The average molecular weight is 557 g/mol. The fraction of sp³-hybridized carbons (Fsp3) is 0.0769. The Morgan fingerprint density at radius 2 is 0.810 bits per heavy atom. The molecule has 2 aromatic heterocycles. The summed E-state index contributed by atoms with van der Waals surface area (Å²) in [6.45, 7) is 7.16. The molecule has 0 spiro atoms. The monoisotopic (exact) mass is 556 g/mol. The summed E-state index contributed by atoms with van der Waals surface area (Å²) in [6.07, 6.45) is 3.93. The normalized spacial score (nSPS) is 11.7. The molecule has 0 saturated heterocycles. The Kier molecular flexibility index (Phi) is 6.53. The molecular formula is C39H32N2Si. The maximum Gasteiger partial charge on any atom is 0.0775 e. The lowest BCUT2D eigenvalue weighted by molar-refractivity contribution is 1.40. The van der Waals surface area contributed by atoms with Gasteiger partial charge < -0.3 is 0 Å². The molecule has 0 unspecified atom stereocenters. The van der Waals surface area contributed by atoms with E-state index in [0.29, 0.717) is 0 Å². The number of nitrogens with zero attached hydrogens (tertiary/aromatic N) is 2. The first-order valence-electron chi connectivity index (χ1n) is 14.5. The second kappa shape index (κ2) is 10.5. The van der Waals surface area contributed by atoms with Crippen LogP contribution in [-0.2, 0) is 0 Å². The topological polar surface area (TPSA) is 25.8 Å². The maximum atomic E-state index is 4.84. The van der Waals surface area contributed by atoms with Gasteiger partial charge in [-0.15, -0.1) is 0 Å². The van der Waals surface area contributed by atoms with E-state index in [2.05, 4.69) is 140 Å². The van der Waals surface area contributed by atoms with E-state index in [1.807, 2.05) is 24.5 Å². The summed E-state index contributed by atoms with van der Waals surface area (Å²) in [5, 5.41) is 3.78. The summed E-state index contributed by atoms with van der Waals surface area (Å²) in [4.78, 5) is 9.47. The first-order chi connectivity index (χ1) is 20.4. The molecule has 0 aliphatic carbocycles. The predicted molar refractivity (Wildman–Crippen MR) is 182 cm³/mol. The summed E-state index contributed by atoms with van der Waals surface area (Å²) >= 11 is 0. The predicted octanol–water partition coefficient (Wildman–Crippen LogP) is 10.00. The fourth-order valence-electron chi connectivity index (χ4n) is 5.56. The van der Waals surface area contributed by atoms with Crippen molar-refractivity contribution in [2.24, 2.45) is 0 Å². The average Bonchev–Trinajstić information content (AvgIpc) is 3.04. The van der Waals surface area contributed by atoms with E-state index >= 15 is 0 Å². The molecule has 5 aromatic carbocycles. The maximum absolute atomic E-state index is 4.84. The summed E-state index contributed by atoms with van der Waals surface area (Å²) < 4.78 is 0. The van der Waals surface area contributed by atoms with E-state index in [1.54, 1.807) is 0 Å². The summed E-state index contributed by atoms with van der Waals surface area (Å²) in [7, 11) is -1.29. The van der Waals surface area contributed by atoms with Gasteiger partial charge in [-0.05, 0) is 57.6 Å². The van der Waals surface area contributed by atoms with E-state index in [9.17, 15) is 0 Å². The molecule has 3 heteroatoms. The van der Waals surface area contributed by atoms with Crippen molar-refractivity contribution in [3.05, 3.63) is 140 Å². The van der Waals surface area contributed by atoms with Crippen LogP contribution in [0.25, 0.3) is 66.3 Å². The van der Waals surface area contributed by atoms with E-state index in [1.165, 1.54) is 27.4 Å². The van der Waals surface area contributed by atoms with Gasteiger partial charge >= 0.3 is 0 Å². The van der Waals surface area contributed by atoms with Crippen molar-refractivity contribution in [1.82, 2.24) is 9.97 Å². The fourth-order valence-corrected chi connectivity index (χ4v) is 6.73. The third-order valence-corrected chi connectivity index (χ3v) is 10.2. The van der Waals surface area contributed by atoms with Gasteiger partial charge in [-0.3, -0.25) is 9.97 Å². The SMILES string of the molecule is C[Si](C)(C)c1ccc(-c2ccc(-c3ccc4cc(-c5ccc(-c6cnc7ccccc7c6)cc5)cnc4c3)cc2)cc1. The highest BCUT2D eigenvalue weighted by molar-refractivity contribution is 6.88. The second-order valence-corrected chi connectivity index (χ2v) is 17.1. The van der Waals surface area contributed by atoms with Crippen LogP contribution in [0.2, 0.25) is 19.6 Å². The molecule has 7 aromatic rings. The summed E-state index contributed by atoms with van der Waals surface area (Å²) in [5.41, 5.74) is 11.4. The number of fused-ring (bicyclic) bond motifs is 2. The summed E-state index contributed by atoms with van der Waals surface area (Å²) in [5.74, 6) is 0. The highest BCUT2D eigenvalue weighted by atomic mass is 28.3. The minimum absolute atomic E-state index is 1.00. The van der Waals surface area contributed by atoms with Gasteiger partial charge in [0, 0.05) is 34.3 Å². The number of benzene rings is 5. The highest BCUT2D eigenvalue weighted by Gasteiger charge is 2.15. The molecule has 42 heavy (non-hydrogen) atoms. The van der Waals surface area contributed by atoms with Crippen LogP contribution in [0.1, 0.15) is 0 Å². The lowest BCUT2D eigenvalue weighted by Crippen LogP contribution is -2.37. The molecule has 0 saturated carbocycles. The molecule has 202 valence electrons. The molecule has 0 fully saturated rings. The third kappa shape index (κ3) is 5.15. The van der Waals surface area contributed by atoms with Crippen LogP contribution < -0.4 is 5.19 Å². The standard InChI is InChI=1S/C39H32N2Si/c1-42(2,3)37-20-18-28(19-21-37)27-8-10-29(11-9-27)32-16-17-34-23-36(26-41-39(34)24-32)31-14-12-30(13-15-31)35-22-33-6-4-5-7-38(33)40-25-35/h4-26H,1-3H3. The Balaban J connectivity index is 1.11. The van der Waals surface area contributed by atoms with Crippen LogP contribution in [-0.4, -0.2) is 18.0 Å². The van der Waals surface area contributed by atoms with Gasteiger partial charge in [-0.1, -0.05) is 128 Å². The van der Waals surface area contributed by atoms with Gasteiger partial charge in [-0.2, -0.15) is 0 Å². The van der Waals surface area contributed by atoms with Gasteiger partial charge in [-0.25, -0.2) is 0 Å². The third-order valence-electron chi connectivity index (χ3n) is 8.13. The molecule has 7 rings (SSSR count). The van der Waals surface area contributed by atoms with Gasteiger partial charge in [0.05, 0.1) is 19.1 Å². The molecule has 2 nitrogen and oxygen atoms in total. The number of para-hydroxylation sites is 1. The van der Waals surface area contributed by atoms with Crippen LogP contribution >= 0.6 is 0 Å². The van der Waals surface area contributed by atoms with Gasteiger partial charge in [0.1, 0.15) is 0 Å². The van der Waals surface area contributed by atoms with Gasteiger partial charge in [0.2, 0.25) is 0 Å². The van der Waals surface area contributed by atoms with E-state index < -0.39 is 8.07 Å². The largest absolute Gasteiger partial charge is 0.256 e. The van der Waals surface area contributed by atoms with Crippen molar-refractivity contribution in [3.8, 4) is 44.5 Å². The van der Waals surface area contributed by atoms with Gasteiger partial charge in [0.25, 0.3) is 0 Å². The smallest absolute Gasteiger partial charge is 0.0775 e. The Morgan fingerprint density at radius 3 is 1.38 bits per heavy atom. The zero-order chi connectivity index (χ0) is 28.7. The number of hydrogen-bond acceptors (Lipinski definition) is 2. The van der Waals surface area contributed by atoms with Crippen molar-refractivity contribution in [3.63, 3.8) is 0 Å². The van der Waals surface area contributed by atoms with Crippen molar-refractivity contribution >= 4 is 35.1 Å². The van der Waals surface area contributed by atoms with Crippen molar-refractivity contribution in [2.45, 2.75) is 19.6 Å². The zero-order valence-electron chi connectivity index (χ0n) is 24.2. The number of pyridine rings is 2. The first kappa shape index (κ1) is 26.1. The van der Waals surface area contributed by atoms with Crippen LogP contribution in [0.5, 0.6) is 0 Å². The highest BCUT2D eigenvalue weighted by Crippen LogP contribution is 2.30. The van der Waals surface area contributed by atoms with Gasteiger partial charge in [0.15, 0.2) is 0 Å². The molecule has 0 aliphatic rings.